The molecule has 8 nitrogen and oxygen atoms in total. The largest absolute Gasteiger partial charge is 0.483 e. The minimum absolute atomic E-state index is 0.0285. The van der Waals surface area contributed by atoms with Gasteiger partial charge in [0.15, 0.2) is 0 Å². The second-order valence-electron chi connectivity index (χ2n) is 9.84. The van der Waals surface area contributed by atoms with Crippen LogP contribution in [0.2, 0.25) is 5.02 Å². The third-order valence-corrected chi connectivity index (χ3v) is 9.15. The number of nitrogens with zero attached hydrogens (tertiary/aromatic N) is 4. The van der Waals surface area contributed by atoms with E-state index in [1.54, 1.807) is 30.5 Å². The van der Waals surface area contributed by atoms with Crippen LogP contribution in [0.15, 0.2) is 65.6 Å². The summed E-state index contributed by atoms with van der Waals surface area (Å²) in [6, 6.07) is 16.2. The first-order valence-electron chi connectivity index (χ1n) is 12.6. The fourth-order valence-corrected chi connectivity index (χ4v) is 6.77. The molecule has 1 saturated heterocycles. The number of aromatic nitrogens is 2. The summed E-state index contributed by atoms with van der Waals surface area (Å²) in [5.74, 6) is 0.776. The molecule has 2 fully saturated rings. The summed E-state index contributed by atoms with van der Waals surface area (Å²) in [7, 11) is -3.45. The molecule has 2 atom stereocenters. The summed E-state index contributed by atoms with van der Waals surface area (Å²) in [5, 5.41) is 4.94. The van der Waals surface area contributed by atoms with Gasteiger partial charge in [0.1, 0.15) is 5.69 Å². The van der Waals surface area contributed by atoms with Gasteiger partial charge in [0.2, 0.25) is 15.8 Å². The number of anilines is 1. The quantitative estimate of drug-likeness (QED) is 0.447. The van der Waals surface area contributed by atoms with E-state index < -0.39 is 10.0 Å². The lowest BCUT2D eigenvalue weighted by Gasteiger charge is -2.36. The number of hydrogen-bond acceptors (Lipinski definition) is 6. The van der Waals surface area contributed by atoms with Crippen molar-refractivity contribution in [3.63, 3.8) is 0 Å². The molecule has 10 heteroatoms. The second kappa shape index (κ2) is 10.8. The van der Waals surface area contributed by atoms with E-state index in [4.69, 9.17) is 16.3 Å². The average Bonchev–Trinajstić information content (AvgIpc) is 3.30. The number of sulfonamides is 1. The first-order chi connectivity index (χ1) is 17.8. The zero-order valence-corrected chi connectivity index (χ0v) is 22.4. The third kappa shape index (κ3) is 5.84. The second-order valence-corrected chi connectivity index (χ2v) is 12.2. The van der Waals surface area contributed by atoms with Crippen LogP contribution in [0.4, 0.5) is 5.69 Å². The molecule has 5 rings (SSSR count). The Balaban J connectivity index is 1.39. The van der Waals surface area contributed by atoms with E-state index in [0.717, 1.165) is 24.8 Å². The van der Waals surface area contributed by atoms with Gasteiger partial charge in [-0.1, -0.05) is 54.9 Å². The summed E-state index contributed by atoms with van der Waals surface area (Å²) < 4.78 is 35.2. The Hall–Kier alpha value is -2.88. The highest BCUT2D eigenvalue weighted by atomic mass is 35.5. The van der Waals surface area contributed by atoms with E-state index in [1.807, 2.05) is 35.2 Å². The van der Waals surface area contributed by atoms with Crippen LogP contribution >= 0.6 is 11.6 Å². The molecule has 2 aliphatic rings. The van der Waals surface area contributed by atoms with Crippen LogP contribution in [0.1, 0.15) is 31.7 Å². The van der Waals surface area contributed by atoms with Gasteiger partial charge in [-0.05, 0) is 48.9 Å². The zero-order valence-electron chi connectivity index (χ0n) is 20.8. The van der Waals surface area contributed by atoms with Gasteiger partial charge in [-0.15, -0.1) is 0 Å². The molecule has 2 aromatic carbocycles. The normalized spacial score (nSPS) is 20.8. The van der Waals surface area contributed by atoms with Crippen LogP contribution in [0.3, 0.4) is 0 Å². The van der Waals surface area contributed by atoms with E-state index in [1.165, 1.54) is 8.99 Å². The summed E-state index contributed by atoms with van der Waals surface area (Å²) in [4.78, 5) is 15.6. The Morgan fingerprint density at radius 1 is 1.03 bits per heavy atom. The van der Waals surface area contributed by atoms with E-state index in [9.17, 15) is 13.2 Å². The van der Waals surface area contributed by atoms with Crippen molar-refractivity contribution in [1.29, 1.82) is 0 Å². The molecule has 37 heavy (non-hydrogen) atoms. The monoisotopic (exact) mass is 542 g/mol. The minimum Gasteiger partial charge on any atom is -0.483 e. The highest BCUT2D eigenvalue weighted by molar-refractivity contribution is 7.88. The van der Waals surface area contributed by atoms with Crippen molar-refractivity contribution in [3.05, 3.63) is 81.7 Å². The van der Waals surface area contributed by atoms with E-state index >= 15 is 0 Å². The van der Waals surface area contributed by atoms with Crippen molar-refractivity contribution in [2.24, 2.45) is 5.92 Å². The maximum atomic E-state index is 13.6. The number of hydrogen-bond donors (Lipinski definition) is 0. The Bertz CT molecular complexity index is 1410. The number of benzene rings is 2. The molecule has 3 aromatic rings. The molecular formula is C27H31ClN4O4S. The summed E-state index contributed by atoms with van der Waals surface area (Å²) in [6.07, 6.45) is 4.45. The van der Waals surface area contributed by atoms with Crippen molar-refractivity contribution in [3.8, 4) is 11.4 Å². The molecule has 2 heterocycles. The van der Waals surface area contributed by atoms with Gasteiger partial charge >= 0.3 is 5.56 Å². The Labute approximate surface area is 222 Å². The van der Waals surface area contributed by atoms with Crippen LogP contribution in [0.25, 0.3) is 5.69 Å². The first-order valence-corrected chi connectivity index (χ1v) is 14.6. The molecule has 2 unspecified atom stereocenters. The smallest absolute Gasteiger partial charge is 0.316 e. The maximum Gasteiger partial charge on any atom is 0.316 e. The van der Waals surface area contributed by atoms with Crippen molar-refractivity contribution in [2.45, 2.75) is 38.0 Å². The van der Waals surface area contributed by atoms with Crippen molar-refractivity contribution >= 4 is 27.3 Å². The standard InChI is InChI=1S/C27H31ClN4O4S/c1-20-10-11-24(16-20)36-26-25(18-29-32(27(26)33)23-9-5-8-22(28)17-23)30-12-14-31(15-13-30)37(34,35)19-21-6-3-2-4-7-21/h2-9,17-18,20,24H,10-16,19H2,1H3. The lowest BCUT2D eigenvalue weighted by molar-refractivity contribution is 0.201. The SMILES string of the molecule is CC1CCC(Oc2c(N3CCN(S(=O)(=O)Cc4ccccc4)CC3)cnn(-c3cccc(Cl)c3)c2=O)C1. The maximum absolute atomic E-state index is 13.6. The van der Waals surface area contributed by atoms with Crippen molar-refractivity contribution < 1.29 is 13.2 Å². The number of piperazine rings is 1. The molecule has 1 aliphatic heterocycles. The van der Waals surface area contributed by atoms with Gasteiger partial charge in [-0.2, -0.15) is 14.1 Å². The predicted molar refractivity (Wildman–Crippen MR) is 145 cm³/mol. The van der Waals surface area contributed by atoms with Crippen LogP contribution in [-0.4, -0.2) is 54.8 Å². The van der Waals surface area contributed by atoms with Crippen molar-refractivity contribution in [1.82, 2.24) is 14.1 Å². The summed E-state index contributed by atoms with van der Waals surface area (Å²) in [6.45, 7) is 3.72. The molecule has 1 aromatic heterocycles. The van der Waals surface area contributed by atoms with Crippen LogP contribution in [-0.2, 0) is 15.8 Å². The fraction of sp³-hybridized carbons (Fsp3) is 0.407. The molecule has 0 bridgehead atoms. The molecular weight excluding hydrogens is 512 g/mol. The highest BCUT2D eigenvalue weighted by Gasteiger charge is 2.31. The molecule has 1 aliphatic carbocycles. The Kier molecular flexibility index (Phi) is 7.55. The topological polar surface area (TPSA) is 84.7 Å². The third-order valence-electron chi connectivity index (χ3n) is 7.06. The average molecular weight is 543 g/mol. The fourth-order valence-electron chi connectivity index (χ4n) is 5.07. The lowest BCUT2D eigenvalue weighted by Crippen LogP contribution is -2.49. The summed E-state index contributed by atoms with van der Waals surface area (Å²) in [5.41, 5.74) is 1.58. The van der Waals surface area contributed by atoms with Gasteiger partial charge < -0.3 is 9.64 Å². The number of ether oxygens (including phenoxy) is 1. The van der Waals surface area contributed by atoms with Gasteiger partial charge in [-0.25, -0.2) is 8.42 Å². The zero-order chi connectivity index (χ0) is 26.0. The molecule has 1 saturated carbocycles. The Morgan fingerprint density at radius 2 is 1.78 bits per heavy atom. The van der Waals surface area contributed by atoms with Gasteiger partial charge in [0.25, 0.3) is 0 Å². The van der Waals surface area contributed by atoms with E-state index in [-0.39, 0.29) is 23.2 Å². The van der Waals surface area contributed by atoms with Gasteiger partial charge in [0, 0.05) is 31.2 Å². The lowest BCUT2D eigenvalue weighted by atomic mass is 10.1. The molecule has 0 amide bonds. The number of rotatable bonds is 7. The highest BCUT2D eigenvalue weighted by Crippen LogP contribution is 2.32. The summed E-state index contributed by atoms with van der Waals surface area (Å²) >= 11 is 6.16. The van der Waals surface area contributed by atoms with Crippen LogP contribution in [0, 0.1) is 5.92 Å². The number of halogens is 1. The predicted octanol–water partition coefficient (Wildman–Crippen LogP) is 4.11. The van der Waals surface area contributed by atoms with E-state index in [0.29, 0.717) is 48.5 Å². The van der Waals surface area contributed by atoms with E-state index in [2.05, 4.69) is 12.0 Å². The molecule has 0 radical (unpaired) electrons. The van der Waals surface area contributed by atoms with Gasteiger partial charge in [-0.3, -0.25) is 4.79 Å². The molecule has 0 N–H and O–H groups in total. The molecule has 0 spiro atoms. The minimum atomic E-state index is -3.45. The van der Waals surface area contributed by atoms with Crippen molar-refractivity contribution in [2.75, 3.05) is 31.1 Å². The molecule has 196 valence electrons. The first kappa shape index (κ1) is 25.8. The van der Waals surface area contributed by atoms with Crippen LogP contribution in [0.5, 0.6) is 5.75 Å². The van der Waals surface area contributed by atoms with Gasteiger partial charge in [0.05, 0.1) is 23.7 Å². The van der Waals surface area contributed by atoms with Crippen LogP contribution < -0.4 is 15.2 Å². The Morgan fingerprint density at radius 3 is 2.46 bits per heavy atom.